The van der Waals surface area contributed by atoms with Crippen molar-refractivity contribution in [3.05, 3.63) is 22.4 Å². The van der Waals surface area contributed by atoms with Gasteiger partial charge in [-0.25, -0.2) is 0 Å². The van der Waals surface area contributed by atoms with Gasteiger partial charge in [-0.15, -0.1) is 11.3 Å². The van der Waals surface area contributed by atoms with Crippen molar-refractivity contribution >= 4 is 17.2 Å². The molecule has 1 unspecified atom stereocenters. The zero-order chi connectivity index (χ0) is 14.5. The maximum atomic E-state index is 11.8. The number of carbonyl (C=O) groups is 1. The molecule has 108 valence electrons. The average molecular weight is 282 g/mol. The first-order valence-electron chi connectivity index (χ1n) is 6.87. The van der Waals surface area contributed by atoms with E-state index >= 15 is 0 Å². The Hall–Kier alpha value is -0.870. The van der Waals surface area contributed by atoms with Crippen LogP contribution in [0.1, 0.15) is 39.5 Å². The fourth-order valence-corrected chi connectivity index (χ4v) is 2.56. The predicted molar refractivity (Wildman–Crippen MR) is 82.7 cm³/mol. The first-order chi connectivity index (χ1) is 8.83. The number of nitrogens with one attached hydrogen (secondary N) is 2. The summed E-state index contributed by atoms with van der Waals surface area (Å²) < 4.78 is 0. The van der Waals surface area contributed by atoms with Gasteiger partial charge in [0.1, 0.15) is 0 Å². The second kappa shape index (κ2) is 7.06. The third-order valence-electron chi connectivity index (χ3n) is 3.43. The van der Waals surface area contributed by atoms with E-state index in [1.54, 1.807) is 11.3 Å². The van der Waals surface area contributed by atoms with E-state index < -0.39 is 0 Å². The normalized spacial score (nSPS) is 13.6. The molecule has 0 bridgehead atoms. The molecule has 0 saturated heterocycles. The van der Waals surface area contributed by atoms with Gasteiger partial charge < -0.3 is 10.6 Å². The van der Waals surface area contributed by atoms with Gasteiger partial charge in [0.25, 0.3) is 0 Å². The molecule has 0 aliphatic carbocycles. The Labute approximate surface area is 120 Å². The predicted octanol–water partition coefficient (Wildman–Crippen LogP) is 2.78. The lowest BCUT2D eigenvalue weighted by molar-refractivity contribution is -0.121. The molecule has 1 atom stereocenters. The topological polar surface area (TPSA) is 41.1 Å². The van der Waals surface area contributed by atoms with Crippen molar-refractivity contribution in [1.29, 1.82) is 0 Å². The highest BCUT2D eigenvalue weighted by atomic mass is 32.1. The minimum absolute atomic E-state index is 0.0676. The van der Waals surface area contributed by atoms with Crippen LogP contribution < -0.4 is 10.6 Å². The molecular weight excluding hydrogens is 256 g/mol. The van der Waals surface area contributed by atoms with Crippen LogP contribution in [0.3, 0.4) is 0 Å². The van der Waals surface area contributed by atoms with Crippen LogP contribution in [-0.2, 0) is 10.2 Å². The Morgan fingerprint density at radius 2 is 2.05 bits per heavy atom. The highest BCUT2D eigenvalue weighted by Crippen LogP contribution is 2.26. The second-order valence-corrected chi connectivity index (χ2v) is 7.01. The number of thiophene rings is 1. The van der Waals surface area contributed by atoms with Gasteiger partial charge in [0.05, 0.1) is 6.54 Å². The molecule has 0 fully saturated rings. The van der Waals surface area contributed by atoms with Crippen LogP contribution in [0.25, 0.3) is 0 Å². The minimum atomic E-state index is 0.0676. The molecule has 1 amide bonds. The highest BCUT2D eigenvalue weighted by molar-refractivity contribution is 7.10. The van der Waals surface area contributed by atoms with E-state index in [1.165, 1.54) is 4.88 Å². The number of carbonyl (C=O) groups excluding carboxylic acids is 1. The van der Waals surface area contributed by atoms with Crippen molar-refractivity contribution in [2.24, 2.45) is 5.92 Å². The van der Waals surface area contributed by atoms with Crippen LogP contribution in [0.15, 0.2) is 17.5 Å². The van der Waals surface area contributed by atoms with E-state index in [9.17, 15) is 4.79 Å². The second-order valence-electron chi connectivity index (χ2n) is 6.06. The Bertz CT molecular complexity index is 385. The Kier molecular flexibility index (Phi) is 6.01. The third-order valence-corrected chi connectivity index (χ3v) is 4.67. The van der Waals surface area contributed by atoms with E-state index in [2.05, 4.69) is 55.8 Å². The van der Waals surface area contributed by atoms with Gasteiger partial charge in [-0.1, -0.05) is 33.8 Å². The molecule has 0 aromatic carbocycles. The molecule has 1 aromatic heterocycles. The molecule has 0 radical (unpaired) electrons. The van der Waals surface area contributed by atoms with E-state index in [0.717, 1.165) is 6.54 Å². The fraction of sp³-hybridized carbons (Fsp3) is 0.667. The smallest absolute Gasteiger partial charge is 0.234 e. The van der Waals surface area contributed by atoms with Crippen LogP contribution in [-0.4, -0.2) is 25.0 Å². The maximum absolute atomic E-state index is 11.8. The summed E-state index contributed by atoms with van der Waals surface area (Å²) in [5.41, 5.74) is 0.0676. The van der Waals surface area contributed by atoms with Crippen LogP contribution in [0, 0.1) is 5.92 Å². The van der Waals surface area contributed by atoms with E-state index in [1.807, 2.05) is 6.92 Å². The van der Waals surface area contributed by atoms with Crippen molar-refractivity contribution in [3.8, 4) is 0 Å². The van der Waals surface area contributed by atoms with Gasteiger partial charge in [-0.2, -0.15) is 0 Å². The summed E-state index contributed by atoms with van der Waals surface area (Å²) in [7, 11) is 0. The van der Waals surface area contributed by atoms with Gasteiger partial charge in [-0.3, -0.25) is 4.79 Å². The standard InChI is InChI=1S/C15H26N2OS/c1-11(2)12(3)17-14(18)9-16-10-15(4,5)13-7-6-8-19-13/h6-8,11-12,16H,9-10H2,1-5H3,(H,17,18). The molecule has 3 nitrogen and oxygen atoms in total. The van der Waals surface area contributed by atoms with Crippen molar-refractivity contribution in [2.45, 2.75) is 46.1 Å². The SMILES string of the molecule is CC(C)C(C)NC(=O)CNCC(C)(C)c1cccs1. The zero-order valence-electron chi connectivity index (χ0n) is 12.6. The number of hydrogen-bond acceptors (Lipinski definition) is 3. The Balaban J connectivity index is 2.32. The summed E-state index contributed by atoms with van der Waals surface area (Å²) in [6.45, 7) is 11.8. The van der Waals surface area contributed by atoms with Gasteiger partial charge >= 0.3 is 0 Å². The van der Waals surface area contributed by atoms with Crippen LogP contribution in [0.5, 0.6) is 0 Å². The van der Waals surface area contributed by atoms with Gasteiger partial charge in [0.15, 0.2) is 0 Å². The Morgan fingerprint density at radius 1 is 1.37 bits per heavy atom. The largest absolute Gasteiger partial charge is 0.352 e. The van der Waals surface area contributed by atoms with E-state index in [4.69, 9.17) is 0 Å². The molecule has 0 aliphatic heterocycles. The lowest BCUT2D eigenvalue weighted by Gasteiger charge is -2.24. The van der Waals surface area contributed by atoms with Gasteiger partial charge in [0.2, 0.25) is 5.91 Å². The molecule has 0 spiro atoms. The van der Waals surface area contributed by atoms with E-state index in [0.29, 0.717) is 12.5 Å². The lowest BCUT2D eigenvalue weighted by atomic mass is 9.91. The molecule has 2 N–H and O–H groups in total. The Morgan fingerprint density at radius 3 is 2.58 bits per heavy atom. The maximum Gasteiger partial charge on any atom is 0.234 e. The summed E-state index contributed by atoms with van der Waals surface area (Å²) in [6.07, 6.45) is 0. The van der Waals surface area contributed by atoms with Gasteiger partial charge in [-0.05, 0) is 24.3 Å². The molecule has 0 aliphatic rings. The molecular formula is C15H26N2OS. The van der Waals surface area contributed by atoms with Crippen molar-refractivity contribution < 1.29 is 4.79 Å². The van der Waals surface area contributed by atoms with Crippen molar-refractivity contribution in [1.82, 2.24) is 10.6 Å². The molecule has 1 aromatic rings. The molecule has 1 rings (SSSR count). The number of hydrogen-bond donors (Lipinski definition) is 2. The summed E-state index contributed by atoms with van der Waals surface area (Å²) in [5, 5.41) is 8.35. The number of rotatable bonds is 7. The fourth-order valence-electron chi connectivity index (χ4n) is 1.71. The first kappa shape index (κ1) is 16.2. The monoisotopic (exact) mass is 282 g/mol. The van der Waals surface area contributed by atoms with Crippen LogP contribution >= 0.6 is 11.3 Å². The van der Waals surface area contributed by atoms with Crippen LogP contribution in [0.4, 0.5) is 0 Å². The van der Waals surface area contributed by atoms with Crippen molar-refractivity contribution in [3.63, 3.8) is 0 Å². The minimum Gasteiger partial charge on any atom is -0.352 e. The van der Waals surface area contributed by atoms with Crippen LogP contribution in [0.2, 0.25) is 0 Å². The summed E-state index contributed by atoms with van der Waals surface area (Å²) >= 11 is 1.76. The zero-order valence-corrected chi connectivity index (χ0v) is 13.4. The first-order valence-corrected chi connectivity index (χ1v) is 7.75. The summed E-state index contributed by atoms with van der Waals surface area (Å²) in [4.78, 5) is 13.1. The molecule has 1 heterocycles. The van der Waals surface area contributed by atoms with E-state index in [-0.39, 0.29) is 17.4 Å². The average Bonchev–Trinajstić information content (AvgIpc) is 2.82. The molecule has 0 saturated carbocycles. The van der Waals surface area contributed by atoms with Crippen molar-refractivity contribution in [2.75, 3.05) is 13.1 Å². The third kappa shape index (κ3) is 5.33. The number of amides is 1. The molecule has 19 heavy (non-hydrogen) atoms. The highest BCUT2D eigenvalue weighted by Gasteiger charge is 2.21. The summed E-state index contributed by atoms with van der Waals surface area (Å²) in [6, 6.07) is 4.44. The molecule has 4 heteroatoms. The summed E-state index contributed by atoms with van der Waals surface area (Å²) in [5.74, 6) is 0.537. The quantitative estimate of drug-likeness (QED) is 0.807. The van der Waals surface area contributed by atoms with Gasteiger partial charge in [0, 0.05) is 22.9 Å². The lowest BCUT2D eigenvalue weighted by Crippen LogP contribution is -2.43.